The molecule has 0 bridgehead atoms. The number of nitrogens with one attached hydrogen (secondary N) is 1. The average Bonchev–Trinajstić information content (AvgIpc) is 3.15. The number of fused-ring (bicyclic) bond motifs is 1. The van der Waals surface area contributed by atoms with Gasteiger partial charge in [0, 0.05) is 17.8 Å². The molecule has 2 aromatic carbocycles. The van der Waals surface area contributed by atoms with Crippen LogP contribution in [0, 0.1) is 10.1 Å². The normalized spacial score (nSPS) is 12.8. The van der Waals surface area contributed by atoms with Crippen molar-refractivity contribution in [3.05, 3.63) is 52.1 Å². The molecular formula is C18H16N2O8. The Morgan fingerprint density at radius 1 is 1.18 bits per heavy atom. The third-order valence-electron chi connectivity index (χ3n) is 3.90. The highest BCUT2D eigenvalue weighted by Gasteiger charge is 2.23. The molecule has 0 spiro atoms. The van der Waals surface area contributed by atoms with E-state index in [1.807, 2.05) is 0 Å². The van der Waals surface area contributed by atoms with Gasteiger partial charge in [-0.25, -0.2) is 4.79 Å². The van der Waals surface area contributed by atoms with Crippen LogP contribution in [0.15, 0.2) is 36.4 Å². The van der Waals surface area contributed by atoms with Gasteiger partial charge in [-0.15, -0.1) is 0 Å². The molecule has 2 aromatic rings. The van der Waals surface area contributed by atoms with E-state index < -0.39 is 22.9 Å². The number of rotatable bonds is 6. The molecule has 1 atom stereocenters. The molecule has 1 aliphatic rings. The van der Waals surface area contributed by atoms with Crippen LogP contribution in [-0.2, 0) is 9.53 Å². The Morgan fingerprint density at radius 3 is 2.64 bits per heavy atom. The second-order valence-electron chi connectivity index (χ2n) is 5.75. The zero-order chi connectivity index (χ0) is 20.3. The smallest absolute Gasteiger partial charge is 0.339 e. The van der Waals surface area contributed by atoms with Gasteiger partial charge in [-0.05, 0) is 31.2 Å². The first-order valence-electron chi connectivity index (χ1n) is 8.13. The number of carbonyl (C=O) groups is 2. The number of carbonyl (C=O) groups excluding carboxylic acids is 2. The van der Waals surface area contributed by atoms with E-state index in [4.69, 9.17) is 18.9 Å². The first kappa shape index (κ1) is 19.0. The highest BCUT2D eigenvalue weighted by atomic mass is 16.7. The van der Waals surface area contributed by atoms with E-state index in [9.17, 15) is 19.7 Å². The molecule has 1 heterocycles. The van der Waals surface area contributed by atoms with Crippen LogP contribution in [-0.4, -0.2) is 36.8 Å². The van der Waals surface area contributed by atoms with Crippen molar-refractivity contribution in [3.63, 3.8) is 0 Å². The third kappa shape index (κ3) is 3.95. The summed E-state index contributed by atoms with van der Waals surface area (Å²) in [5, 5.41) is 13.7. The SMILES string of the molecule is COc1ccc(C(=O)O[C@@H](C)C(=O)Nc2ccc3c(c2)OCO3)cc1[N+](=O)[O-]. The average molecular weight is 388 g/mol. The van der Waals surface area contributed by atoms with Gasteiger partial charge in [-0.3, -0.25) is 14.9 Å². The number of benzene rings is 2. The molecule has 10 nitrogen and oxygen atoms in total. The van der Waals surface area contributed by atoms with E-state index >= 15 is 0 Å². The summed E-state index contributed by atoms with van der Waals surface area (Å²) in [6, 6.07) is 8.48. The Labute approximate surface area is 159 Å². The summed E-state index contributed by atoms with van der Waals surface area (Å²) in [5.41, 5.74) is -0.0121. The number of anilines is 1. The summed E-state index contributed by atoms with van der Waals surface area (Å²) in [6.45, 7) is 1.49. The Morgan fingerprint density at radius 2 is 1.93 bits per heavy atom. The van der Waals surface area contributed by atoms with Crippen LogP contribution in [0.4, 0.5) is 11.4 Å². The summed E-state index contributed by atoms with van der Waals surface area (Å²) in [6.07, 6.45) is -1.14. The fourth-order valence-electron chi connectivity index (χ4n) is 2.46. The predicted molar refractivity (Wildman–Crippen MR) is 95.7 cm³/mol. The second-order valence-corrected chi connectivity index (χ2v) is 5.75. The zero-order valence-corrected chi connectivity index (χ0v) is 15.0. The molecule has 0 fully saturated rings. The lowest BCUT2D eigenvalue weighted by molar-refractivity contribution is -0.385. The number of nitro benzene ring substituents is 1. The van der Waals surface area contributed by atoms with E-state index in [1.165, 1.54) is 26.2 Å². The first-order chi connectivity index (χ1) is 13.4. The molecular weight excluding hydrogens is 372 g/mol. The largest absolute Gasteiger partial charge is 0.490 e. The Balaban J connectivity index is 1.66. The molecule has 3 rings (SSSR count). The van der Waals surface area contributed by atoms with E-state index in [0.717, 1.165) is 6.07 Å². The Hall–Kier alpha value is -3.82. The number of nitro groups is 1. The first-order valence-corrected chi connectivity index (χ1v) is 8.13. The van der Waals surface area contributed by atoms with Crippen molar-refractivity contribution < 1.29 is 33.5 Å². The number of esters is 1. The lowest BCUT2D eigenvalue weighted by Gasteiger charge is -2.14. The lowest BCUT2D eigenvalue weighted by atomic mass is 10.2. The zero-order valence-electron chi connectivity index (χ0n) is 15.0. The van der Waals surface area contributed by atoms with Crippen molar-refractivity contribution in [2.75, 3.05) is 19.2 Å². The van der Waals surface area contributed by atoms with E-state index in [0.29, 0.717) is 17.2 Å². The highest BCUT2D eigenvalue weighted by Crippen LogP contribution is 2.34. The number of ether oxygens (including phenoxy) is 4. The minimum Gasteiger partial charge on any atom is -0.490 e. The van der Waals surface area contributed by atoms with Gasteiger partial charge in [0.05, 0.1) is 17.6 Å². The standard InChI is InChI=1S/C18H16N2O8/c1-10(17(21)19-12-4-6-15-16(8-12)27-9-26-15)28-18(22)11-3-5-14(25-2)13(7-11)20(23)24/h3-8,10H,9H2,1-2H3,(H,19,21)/t10-/m0/s1. The molecule has 0 unspecified atom stereocenters. The van der Waals surface area contributed by atoms with Gasteiger partial charge >= 0.3 is 11.7 Å². The summed E-state index contributed by atoms with van der Waals surface area (Å²) in [4.78, 5) is 34.9. The van der Waals surface area contributed by atoms with Crippen LogP contribution >= 0.6 is 0 Å². The van der Waals surface area contributed by atoms with Crippen molar-refractivity contribution in [3.8, 4) is 17.2 Å². The maximum atomic E-state index is 12.3. The predicted octanol–water partition coefficient (Wildman–Crippen LogP) is 2.52. The highest BCUT2D eigenvalue weighted by molar-refractivity contribution is 5.97. The fourth-order valence-corrected chi connectivity index (χ4v) is 2.46. The molecule has 1 N–H and O–H groups in total. The van der Waals surface area contributed by atoms with Gasteiger partial charge in [-0.2, -0.15) is 0 Å². The monoisotopic (exact) mass is 388 g/mol. The van der Waals surface area contributed by atoms with Crippen molar-refractivity contribution in [2.24, 2.45) is 0 Å². The number of amides is 1. The van der Waals surface area contributed by atoms with Crippen LogP contribution in [0.1, 0.15) is 17.3 Å². The maximum Gasteiger partial charge on any atom is 0.339 e. The molecule has 0 saturated heterocycles. The van der Waals surface area contributed by atoms with Gasteiger partial charge in [0.15, 0.2) is 23.4 Å². The van der Waals surface area contributed by atoms with E-state index in [1.54, 1.807) is 18.2 Å². The number of hydrogen-bond donors (Lipinski definition) is 1. The minimum absolute atomic E-state index is 0.00940. The molecule has 28 heavy (non-hydrogen) atoms. The van der Waals surface area contributed by atoms with Gasteiger partial charge in [0.1, 0.15) is 0 Å². The fraction of sp³-hybridized carbons (Fsp3) is 0.222. The molecule has 0 aromatic heterocycles. The molecule has 10 heteroatoms. The van der Waals surface area contributed by atoms with Crippen LogP contribution in [0.2, 0.25) is 0 Å². The Kier molecular flexibility index (Phi) is 5.30. The van der Waals surface area contributed by atoms with E-state index in [2.05, 4.69) is 5.32 Å². The summed E-state index contributed by atoms with van der Waals surface area (Å²) >= 11 is 0. The maximum absolute atomic E-state index is 12.3. The van der Waals surface area contributed by atoms with Crippen LogP contribution in [0.25, 0.3) is 0 Å². The quantitative estimate of drug-likeness (QED) is 0.454. The van der Waals surface area contributed by atoms with E-state index in [-0.39, 0.29) is 23.8 Å². The molecule has 0 aliphatic carbocycles. The van der Waals surface area contributed by atoms with Crippen molar-refractivity contribution in [1.82, 2.24) is 0 Å². The summed E-state index contributed by atoms with van der Waals surface area (Å²) < 4.78 is 20.4. The summed E-state index contributed by atoms with van der Waals surface area (Å²) in [7, 11) is 1.28. The van der Waals surface area contributed by atoms with Crippen LogP contribution < -0.4 is 19.5 Å². The van der Waals surface area contributed by atoms with Gasteiger partial charge in [0.2, 0.25) is 6.79 Å². The Bertz CT molecular complexity index is 943. The molecule has 1 amide bonds. The molecule has 0 saturated carbocycles. The minimum atomic E-state index is -1.14. The van der Waals surface area contributed by atoms with Crippen LogP contribution in [0.5, 0.6) is 17.2 Å². The van der Waals surface area contributed by atoms with Crippen molar-refractivity contribution >= 4 is 23.3 Å². The molecule has 0 radical (unpaired) electrons. The lowest BCUT2D eigenvalue weighted by Crippen LogP contribution is -2.30. The third-order valence-corrected chi connectivity index (χ3v) is 3.90. The van der Waals surface area contributed by atoms with Gasteiger partial charge in [0.25, 0.3) is 5.91 Å². The van der Waals surface area contributed by atoms with Gasteiger partial charge in [-0.1, -0.05) is 0 Å². The van der Waals surface area contributed by atoms with Crippen LogP contribution in [0.3, 0.4) is 0 Å². The summed E-state index contributed by atoms with van der Waals surface area (Å²) in [5.74, 6) is -0.379. The molecule has 146 valence electrons. The van der Waals surface area contributed by atoms with Crippen molar-refractivity contribution in [2.45, 2.75) is 13.0 Å². The number of hydrogen-bond acceptors (Lipinski definition) is 8. The van der Waals surface area contributed by atoms with Gasteiger partial charge < -0.3 is 24.3 Å². The number of nitrogens with zero attached hydrogens (tertiary/aromatic N) is 1. The number of methoxy groups -OCH3 is 1. The topological polar surface area (TPSA) is 126 Å². The van der Waals surface area contributed by atoms with Crippen molar-refractivity contribution in [1.29, 1.82) is 0 Å². The molecule has 1 aliphatic heterocycles. The second kappa shape index (κ2) is 7.82.